The third kappa shape index (κ3) is 4.09. The van der Waals surface area contributed by atoms with Crippen LogP contribution in [0.5, 0.6) is 11.5 Å². The molecule has 0 saturated carbocycles. The Morgan fingerprint density at radius 1 is 0.952 bits per heavy atom. The normalized spacial score (nSPS) is 10.5. The van der Waals surface area contributed by atoms with E-state index in [1.165, 1.54) is 6.07 Å². The van der Waals surface area contributed by atoms with Gasteiger partial charge in [0.15, 0.2) is 11.5 Å². The summed E-state index contributed by atoms with van der Waals surface area (Å²) in [7, 11) is 3.21. The Kier molecular flexibility index (Phi) is 5.42. The minimum absolute atomic E-state index is 0.139. The number of nitrogens with one attached hydrogen (secondary N) is 1. The van der Waals surface area contributed by atoms with Gasteiger partial charge in [0, 0.05) is 13.1 Å². The molecule has 0 aliphatic rings. The average Bonchev–Trinajstić information content (AvgIpc) is 2.50. The predicted molar refractivity (Wildman–Crippen MR) is 81.5 cm³/mol. The Hall–Kier alpha value is -1.78. The van der Waals surface area contributed by atoms with Crippen LogP contribution in [0.4, 0.5) is 4.39 Å². The van der Waals surface area contributed by atoms with Gasteiger partial charge in [-0.05, 0) is 35.4 Å². The zero-order chi connectivity index (χ0) is 15.2. The average molecular weight is 310 g/mol. The third-order valence-corrected chi connectivity index (χ3v) is 3.38. The molecule has 0 bridgehead atoms. The number of methoxy groups -OCH3 is 2. The van der Waals surface area contributed by atoms with Crippen molar-refractivity contribution in [2.45, 2.75) is 13.1 Å². The molecule has 2 aromatic rings. The van der Waals surface area contributed by atoms with Crippen molar-refractivity contribution in [2.24, 2.45) is 0 Å². The first-order chi connectivity index (χ1) is 10.1. The van der Waals surface area contributed by atoms with Crippen molar-refractivity contribution < 1.29 is 13.9 Å². The van der Waals surface area contributed by atoms with E-state index in [0.29, 0.717) is 24.6 Å². The quantitative estimate of drug-likeness (QED) is 0.880. The first-order valence-corrected chi connectivity index (χ1v) is 6.87. The highest BCUT2D eigenvalue weighted by molar-refractivity contribution is 6.30. The van der Waals surface area contributed by atoms with Crippen molar-refractivity contribution >= 4 is 11.6 Å². The molecule has 0 fully saturated rings. The van der Waals surface area contributed by atoms with Crippen molar-refractivity contribution in [3.8, 4) is 11.5 Å². The molecule has 0 aliphatic carbocycles. The molecule has 0 radical (unpaired) electrons. The molecule has 0 unspecified atom stereocenters. The lowest BCUT2D eigenvalue weighted by Crippen LogP contribution is -2.12. The number of ether oxygens (including phenoxy) is 2. The van der Waals surface area contributed by atoms with E-state index in [-0.39, 0.29) is 5.02 Å². The van der Waals surface area contributed by atoms with E-state index < -0.39 is 5.82 Å². The Labute approximate surface area is 128 Å². The summed E-state index contributed by atoms with van der Waals surface area (Å²) >= 11 is 5.75. The van der Waals surface area contributed by atoms with Gasteiger partial charge in [0.05, 0.1) is 19.2 Å². The summed E-state index contributed by atoms with van der Waals surface area (Å²) in [6.07, 6.45) is 0. The lowest BCUT2D eigenvalue weighted by atomic mass is 10.2. The molecule has 0 heterocycles. The number of benzene rings is 2. The molecule has 1 N–H and O–H groups in total. The minimum Gasteiger partial charge on any atom is -0.493 e. The first-order valence-electron chi connectivity index (χ1n) is 6.49. The van der Waals surface area contributed by atoms with Crippen molar-refractivity contribution in [3.05, 3.63) is 58.4 Å². The van der Waals surface area contributed by atoms with Gasteiger partial charge >= 0.3 is 0 Å². The molecule has 112 valence electrons. The molecular weight excluding hydrogens is 293 g/mol. The summed E-state index contributed by atoms with van der Waals surface area (Å²) in [5, 5.41) is 3.42. The molecule has 0 spiro atoms. The highest BCUT2D eigenvalue weighted by atomic mass is 35.5. The number of rotatable bonds is 6. The monoisotopic (exact) mass is 309 g/mol. The molecule has 0 amide bonds. The zero-order valence-electron chi connectivity index (χ0n) is 12.0. The molecule has 21 heavy (non-hydrogen) atoms. The number of halogens is 2. The van der Waals surface area contributed by atoms with E-state index in [1.54, 1.807) is 26.4 Å². The van der Waals surface area contributed by atoms with Gasteiger partial charge in [-0.3, -0.25) is 0 Å². The SMILES string of the molecule is COc1ccc(CNCc2ccc(F)c(Cl)c2)cc1OC. The Balaban J connectivity index is 1.95. The van der Waals surface area contributed by atoms with Crippen molar-refractivity contribution in [2.75, 3.05) is 14.2 Å². The van der Waals surface area contributed by atoms with E-state index in [1.807, 2.05) is 18.2 Å². The molecule has 3 nitrogen and oxygen atoms in total. The Morgan fingerprint density at radius 2 is 1.57 bits per heavy atom. The smallest absolute Gasteiger partial charge is 0.161 e. The van der Waals surface area contributed by atoms with Crippen molar-refractivity contribution in [1.29, 1.82) is 0 Å². The minimum atomic E-state index is -0.402. The fourth-order valence-electron chi connectivity index (χ4n) is 1.99. The zero-order valence-corrected chi connectivity index (χ0v) is 12.7. The van der Waals surface area contributed by atoms with Gasteiger partial charge in [0.25, 0.3) is 0 Å². The maximum Gasteiger partial charge on any atom is 0.161 e. The van der Waals surface area contributed by atoms with Gasteiger partial charge in [-0.1, -0.05) is 23.7 Å². The highest BCUT2D eigenvalue weighted by Gasteiger charge is 2.05. The predicted octanol–water partition coefficient (Wildman–Crippen LogP) is 3.79. The van der Waals surface area contributed by atoms with E-state index in [9.17, 15) is 4.39 Å². The maximum absolute atomic E-state index is 13.1. The molecular formula is C16H17ClFNO2. The third-order valence-electron chi connectivity index (χ3n) is 3.09. The maximum atomic E-state index is 13.1. The summed E-state index contributed by atoms with van der Waals surface area (Å²) < 4.78 is 23.5. The van der Waals surface area contributed by atoms with Crippen LogP contribution in [-0.4, -0.2) is 14.2 Å². The van der Waals surface area contributed by atoms with Crippen LogP contribution in [0.3, 0.4) is 0 Å². The number of hydrogen-bond acceptors (Lipinski definition) is 3. The second-order valence-corrected chi connectivity index (χ2v) is 4.95. The van der Waals surface area contributed by atoms with Gasteiger partial charge < -0.3 is 14.8 Å². The van der Waals surface area contributed by atoms with E-state index in [2.05, 4.69) is 5.32 Å². The fraction of sp³-hybridized carbons (Fsp3) is 0.250. The molecule has 0 aromatic heterocycles. The molecule has 0 aliphatic heterocycles. The lowest BCUT2D eigenvalue weighted by molar-refractivity contribution is 0.354. The van der Waals surface area contributed by atoms with Crippen LogP contribution in [0.15, 0.2) is 36.4 Å². The van der Waals surface area contributed by atoms with E-state index in [0.717, 1.165) is 11.1 Å². The molecule has 5 heteroatoms. The molecule has 0 atom stereocenters. The summed E-state index contributed by atoms with van der Waals surface area (Å²) in [4.78, 5) is 0. The largest absolute Gasteiger partial charge is 0.493 e. The second kappa shape index (κ2) is 7.29. The van der Waals surface area contributed by atoms with Gasteiger partial charge in [-0.2, -0.15) is 0 Å². The van der Waals surface area contributed by atoms with Gasteiger partial charge in [-0.25, -0.2) is 4.39 Å². The van der Waals surface area contributed by atoms with Crippen LogP contribution in [-0.2, 0) is 13.1 Å². The van der Waals surface area contributed by atoms with E-state index in [4.69, 9.17) is 21.1 Å². The van der Waals surface area contributed by atoms with Gasteiger partial charge in [-0.15, -0.1) is 0 Å². The summed E-state index contributed by atoms with van der Waals surface area (Å²) in [5.41, 5.74) is 2.00. The van der Waals surface area contributed by atoms with Crippen molar-refractivity contribution in [3.63, 3.8) is 0 Å². The summed E-state index contributed by atoms with van der Waals surface area (Å²) in [5.74, 6) is 0.994. The Morgan fingerprint density at radius 3 is 2.19 bits per heavy atom. The van der Waals surface area contributed by atoms with Gasteiger partial charge in [0.2, 0.25) is 0 Å². The van der Waals surface area contributed by atoms with Crippen LogP contribution < -0.4 is 14.8 Å². The highest BCUT2D eigenvalue weighted by Crippen LogP contribution is 2.27. The van der Waals surface area contributed by atoms with Crippen LogP contribution in [0.1, 0.15) is 11.1 Å². The Bertz CT molecular complexity index is 619. The van der Waals surface area contributed by atoms with Crippen LogP contribution in [0, 0.1) is 5.82 Å². The van der Waals surface area contributed by atoms with Crippen LogP contribution in [0.2, 0.25) is 5.02 Å². The molecule has 2 aromatic carbocycles. The van der Waals surface area contributed by atoms with Gasteiger partial charge in [0.1, 0.15) is 5.82 Å². The summed E-state index contributed by atoms with van der Waals surface area (Å²) in [6, 6.07) is 10.5. The summed E-state index contributed by atoms with van der Waals surface area (Å²) in [6.45, 7) is 1.27. The van der Waals surface area contributed by atoms with Crippen LogP contribution in [0.25, 0.3) is 0 Å². The topological polar surface area (TPSA) is 30.5 Å². The fourth-order valence-corrected chi connectivity index (χ4v) is 2.19. The second-order valence-electron chi connectivity index (χ2n) is 4.54. The first kappa shape index (κ1) is 15.6. The molecule has 2 rings (SSSR count). The standard InChI is InChI=1S/C16H17ClFNO2/c1-20-15-6-4-12(8-16(15)21-2)10-19-9-11-3-5-14(18)13(17)7-11/h3-8,19H,9-10H2,1-2H3. The lowest BCUT2D eigenvalue weighted by Gasteiger charge is -2.10. The molecule has 0 saturated heterocycles. The van der Waals surface area contributed by atoms with E-state index >= 15 is 0 Å². The van der Waals surface area contributed by atoms with Crippen LogP contribution >= 0.6 is 11.6 Å². The number of hydrogen-bond donors (Lipinski definition) is 1. The van der Waals surface area contributed by atoms with Crippen molar-refractivity contribution in [1.82, 2.24) is 5.32 Å².